The van der Waals surface area contributed by atoms with E-state index in [1.807, 2.05) is 18.2 Å². The van der Waals surface area contributed by atoms with Crippen molar-refractivity contribution in [2.75, 3.05) is 24.5 Å². The molecule has 0 spiro atoms. The molecule has 1 fully saturated rings. The van der Waals surface area contributed by atoms with Gasteiger partial charge in [0.2, 0.25) is 0 Å². The molecule has 0 unspecified atom stereocenters. The average Bonchev–Trinajstić information content (AvgIpc) is 2.23. The normalized spacial score (nSPS) is 20.4. The van der Waals surface area contributed by atoms with Crippen LogP contribution in [0.5, 0.6) is 0 Å². The molecular weight excluding hydrogens is 266 g/mol. The largest absolute Gasteiger partial charge is 0.366 e. The highest BCUT2D eigenvalue weighted by Crippen LogP contribution is 2.28. The summed E-state index contributed by atoms with van der Waals surface area (Å²) in [7, 11) is 0. The molecule has 1 aromatic carbocycles. The van der Waals surface area contributed by atoms with E-state index in [0.29, 0.717) is 16.1 Å². The molecule has 90 valence electrons. The molecule has 1 aliphatic rings. The highest BCUT2D eigenvalue weighted by Gasteiger charge is 2.18. The number of benzene rings is 1. The summed E-state index contributed by atoms with van der Waals surface area (Å²) in [5, 5.41) is 4.60. The fourth-order valence-electron chi connectivity index (χ4n) is 1.89. The van der Waals surface area contributed by atoms with Crippen molar-refractivity contribution in [1.82, 2.24) is 5.32 Å². The van der Waals surface area contributed by atoms with E-state index >= 15 is 0 Å². The monoisotopic (exact) mass is 280 g/mol. The second-order valence-electron chi connectivity index (χ2n) is 3.84. The molecule has 0 aromatic heterocycles. The van der Waals surface area contributed by atoms with Crippen LogP contribution in [-0.4, -0.2) is 25.7 Å². The number of piperazine rings is 1. The second kappa shape index (κ2) is 5.97. The Morgan fingerprint density at radius 3 is 2.69 bits per heavy atom. The number of halogens is 3. The van der Waals surface area contributed by atoms with E-state index in [4.69, 9.17) is 23.2 Å². The lowest BCUT2D eigenvalue weighted by Crippen LogP contribution is -2.49. The number of nitrogens with one attached hydrogen (secondary N) is 1. The lowest BCUT2D eigenvalue weighted by molar-refractivity contribution is 0.501. The van der Waals surface area contributed by atoms with Crippen LogP contribution in [0.15, 0.2) is 18.2 Å². The third kappa shape index (κ3) is 2.95. The summed E-state index contributed by atoms with van der Waals surface area (Å²) in [6.07, 6.45) is 0. The van der Waals surface area contributed by atoms with Crippen LogP contribution in [0, 0.1) is 0 Å². The first-order valence-corrected chi connectivity index (χ1v) is 5.86. The van der Waals surface area contributed by atoms with Crippen molar-refractivity contribution in [2.45, 2.75) is 13.0 Å². The van der Waals surface area contributed by atoms with Gasteiger partial charge in [0.1, 0.15) is 0 Å². The van der Waals surface area contributed by atoms with Gasteiger partial charge in [0.05, 0.1) is 10.0 Å². The first-order chi connectivity index (χ1) is 7.18. The predicted octanol–water partition coefficient (Wildman–Crippen LogP) is 3.21. The molecule has 5 heteroatoms. The van der Waals surface area contributed by atoms with Gasteiger partial charge < -0.3 is 10.2 Å². The third-order valence-electron chi connectivity index (χ3n) is 2.74. The standard InChI is InChI=1S/C11H14Cl2N2.ClH/c1-8-7-14-4-5-15(8)9-2-3-10(12)11(13)6-9;/h2-3,6,8,14H,4-5,7H2,1H3;1H/t8-;/m0./s1. The van der Waals surface area contributed by atoms with Gasteiger partial charge in [0.25, 0.3) is 0 Å². The lowest BCUT2D eigenvalue weighted by atomic mass is 10.2. The molecule has 0 aliphatic carbocycles. The van der Waals surface area contributed by atoms with Gasteiger partial charge in [0.15, 0.2) is 0 Å². The number of nitrogens with zero attached hydrogens (tertiary/aromatic N) is 1. The van der Waals surface area contributed by atoms with Gasteiger partial charge in [-0.2, -0.15) is 0 Å². The van der Waals surface area contributed by atoms with Crippen LogP contribution in [-0.2, 0) is 0 Å². The first kappa shape index (κ1) is 13.9. The topological polar surface area (TPSA) is 15.3 Å². The zero-order valence-corrected chi connectivity index (χ0v) is 11.4. The minimum Gasteiger partial charge on any atom is -0.366 e. The smallest absolute Gasteiger partial charge is 0.0612 e. The number of anilines is 1. The summed E-state index contributed by atoms with van der Waals surface area (Å²) < 4.78 is 0. The Labute approximate surface area is 112 Å². The van der Waals surface area contributed by atoms with E-state index in [1.54, 1.807) is 0 Å². The third-order valence-corrected chi connectivity index (χ3v) is 3.48. The van der Waals surface area contributed by atoms with Crippen LogP contribution in [0.3, 0.4) is 0 Å². The molecule has 0 bridgehead atoms. The average molecular weight is 282 g/mol. The Morgan fingerprint density at radius 2 is 2.06 bits per heavy atom. The van der Waals surface area contributed by atoms with E-state index in [2.05, 4.69) is 17.1 Å². The quantitative estimate of drug-likeness (QED) is 0.850. The van der Waals surface area contributed by atoms with E-state index < -0.39 is 0 Å². The van der Waals surface area contributed by atoms with Crippen molar-refractivity contribution in [3.05, 3.63) is 28.2 Å². The number of hydrogen-bond acceptors (Lipinski definition) is 2. The van der Waals surface area contributed by atoms with Gasteiger partial charge in [-0.05, 0) is 25.1 Å². The molecule has 0 saturated carbocycles. The molecule has 2 rings (SSSR count). The Kier molecular flexibility index (Phi) is 5.19. The van der Waals surface area contributed by atoms with Crippen LogP contribution < -0.4 is 10.2 Å². The lowest BCUT2D eigenvalue weighted by Gasteiger charge is -2.36. The first-order valence-electron chi connectivity index (χ1n) is 5.11. The van der Waals surface area contributed by atoms with Crippen LogP contribution in [0.25, 0.3) is 0 Å². The maximum absolute atomic E-state index is 6.01. The minimum absolute atomic E-state index is 0. The zero-order valence-electron chi connectivity index (χ0n) is 9.04. The van der Waals surface area contributed by atoms with Crippen molar-refractivity contribution in [2.24, 2.45) is 0 Å². The van der Waals surface area contributed by atoms with Crippen molar-refractivity contribution in [3.63, 3.8) is 0 Å². The fourth-order valence-corrected chi connectivity index (χ4v) is 2.18. The van der Waals surface area contributed by atoms with Gasteiger partial charge in [-0.15, -0.1) is 12.4 Å². The van der Waals surface area contributed by atoms with Crippen LogP contribution in [0.1, 0.15) is 6.92 Å². The van der Waals surface area contributed by atoms with Crippen LogP contribution in [0.2, 0.25) is 10.0 Å². The SMILES string of the molecule is C[C@H]1CNCCN1c1ccc(Cl)c(Cl)c1.Cl. The predicted molar refractivity (Wildman–Crippen MR) is 73.4 cm³/mol. The highest BCUT2D eigenvalue weighted by atomic mass is 35.5. The van der Waals surface area contributed by atoms with Crippen molar-refractivity contribution >= 4 is 41.3 Å². The van der Waals surface area contributed by atoms with Crippen LogP contribution >= 0.6 is 35.6 Å². The Morgan fingerprint density at radius 1 is 1.31 bits per heavy atom. The highest BCUT2D eigenvalue weighted by molar-refractivity contribution is 6.42. The maximum atomic E-state index is 6.01. The van der Waals surface area contributed by atoms with Gasteiger partial charge in [-0.3, -0.25) is 0 Å². The molecule has 1 atom stereocenters. The van der Waals surface area contributed by atoms with E-state index in [1.165, 1.54) is 0 Å². The molecule has 16 heavy (non-hydrogen) atoms. The maximum Gasteiger partial charge on any atom is 0.0612 e. The summed E-state index contributed by atoms with van der Waals surface area (Å²) in [6.45, 7) is 5.25. The number of hydrogen-bond donors (Lipinski definition) is 1. The summed E-state index contributed by atoms with van der Waals surface area (Å²) >= 11 is 11.9. The molecule has 0 radical (unpaired) electrons. The van der Waals surface area contributed by atoms with Gasteiger partial charge in [-0.25, -0.2) is 0 Å². The van der Waals surface area contributed by atoms with Crippen molar-refractivity contribution in [3.8, 4) is 0 Å². The van der Waals surface area contributed by atoms with E-state index in [-0.39, 0.29) is 12.4 Å². The molecule has 2 nitrogen and oxygen atoms in total. The minimum atomic E-state index is 0. The van der Waals surface area contributed by atoms with Crippen molar-refractivity contribution < 1.29 is 0 Å². The molecule has 0 amide bonds. The van der Waals surface area contributed by atoms with Crippen molar-refractivity contribution in [1.29, 1.82) is 0 Å². The van der Waals surface area contributed by atoms with E-state index in [0.717, 1.165) is 25.3 Å². The van der Waals surface area contributed by atoms with Gasteiger partial charge >= 0.3 is 0 Å². The molecule has 1 saturated heterocycles. The summed E-state index contributed by atoms with van der Waals surface area (Å²) in [5.41, 5.74) is 1.15. The Hall–Kier alpha value is -0.150. The molecular formula is C11H15Cl3N2. The zero-order chi connectivity index (χ0) is 10.8. The summed E-state index contributed by atoms with van der Waals surface area (Å²) in [4.78, 5) is 2.35. The molecule has 1 N–H and O–H groups in total. The Balaban J connectivity index is 0.00000128. The second-order valence-corrected chi connectivity index (χ2v) is 4.66. The summed E-state index contributed by atoms with van der Waals surface area (Å²) in [6, 6.07) is 6.31. The number of rotatable bonds is 1. The van der Waals surface area contributed by atoms with Gasteiger partial charge in [-0.1, -0.05) is 23.2 Å². The molecule has 1 heterocycles. The van der Waals surface area contributed by atoms with Gasteiger partial charge in [0, 0.05) is 31.4 Å². The van der Waals surface area contributed by atoms with Crippen LogP contribution in [0.4, 0.5) is 5.69 Å². The summed E-state index contributed by atoms with van der Waals surface area (Å²) in [5.74, 6) is 0. The molecule has 1 aromatic rings. The van der Waals surface area contributed by atoms with E-state index in [9.17, 15) is 0 Å². The fraction of sp³-hybridized carbons (Fsp3) is 0.455. The molecule has 1 aliphatic heterocycles. The Bertz CT molecular complexity index is 357.